The van der Waals surface area contributed by atoms with Crippen LogP contribution < -0.4 is 16.6 Å². The molecule has 0 saturated heterocycles. The summed E-state index contributed by atoms with van der Waals surface area (Å²) >= 11 is 0. The van der Waals surface area contributed by atoms with Gasteiger partial charge in [-0.05, 0) is 30.7 Å². The first-order valence-electron chi connectivity index (χ1n) is 5.60. The van der Waals surface area contributed by atoms with Gasteiger partial charge in [0.1, 0.15) is 5.82 Å². The van der Waals surface area contributed by atoms with Crippen LogP contribution in [0.15, 0.2) is 36.7 Å². The van der Waals surface area contributed by atoms with E-state index in [1.165, 1.54) is 18.5 Å². The van der Waals surface area contributed by atoms with Crippen molar-refractivity contribution >= 4 is 17.3 Å². The molecule has 0 aliphatic carbocycles. The first kappa shape index (κ1) is 13.0. The van der Waals surface area contributed by atoms with E-state index < -0.39 is 5.91 Å². The van der Waals surface area contributed by atoms with Gasteiger partial charge < -0.3 is 10.7 Å². The van der Waals surface area contributed by atoms with Gasteiger partial charge in [0.05, 0.1) is 11.3 Å². The predicted molar refractivity (Wildman–Crippen MR) is 71.1 cm³/mol. The number of aryl methyl sites for hydroxylation is 1. The van der Waals surface area contributed by atoms with E-state index in [9.17, 15) is 9.18 Å². The molecule has 1 aromatic heterocycles. The second-order valence-corrected chi connectivity index (χ2v) is 3.98. The van der Waals surface area contributed by atoms with Gasteiger partial charge in [-0.3, -0.25) is 15.6 Å². The number of benzene rings is 1. The van der Waals surface area contributed by atoms with Crippen LogP contribution in [0, 0.1) is 12.7 Å². The smallest absolute Gasteiger partial charge is 0.259 e. The molecule has 0 spiro atoms. The third kappa shape index (κ3) is 2.86. The Balaban J connectivity index is 2.23. The summed E-state index contributed by atoms with van der Waals surface area (Å²) in [5, 5.41) is 2.59. The van der Waals surface area contributed by atoms with E-state index in [0.717, 1.165) is 0 Å². The molecule has 0 bridgehead atoms. The number of nitrogen functional groups attached to an aromatic ring is 1. The summed E-state index contributed by atoms with van der Waals surface area (Å²) in [6.07, 6.45) is 2.90. The Bertz CT molecular complexity index is 615. The lowest BCUT2D eigenvalue weighted by Gasteiger charge is -2.09. The quantitative estimate of drug-likeness (QED) is 0.583. The molecule has 6 heteroatoms. The molecule has 1 aromatic carbocycles. The number of nitrogens with zero attached hydrogens (tertiary/aromatic N) is 1. The highest BCUT2D eigenvalue weighted by molar-refractivity contribution is 6.07. The van der Waals surface area contributed by atoms with E-state index >= 15 is 0 Å². The summed E-state index contributed by atoms with van der Waals surface area (Å²) in [4.78, 5) is 15.9. The van der Waals surface area contributed by atoms with Crippen molar-refractivity contribution < 1.29 is 9.18 Å². The zero-order chi connectivity index (χ0) is 13.8. The highest BCUT2D eigenvalue weighted by atomic mass is 19.1. The second kappa shape index (κ2) is 5.45. The van der Waals surface area contributed by atoms with E-state index in [-0.39, 0.29) is 11.4 Å². The standard InChI is InChI=1S/C13H13FN4O/c1-8-2-3-9(6-11(8)14)17-13(19)10-7-16-5-4-12(10)18-15/h2-7H,15H2,1H3,(H,16,18)(H,17,19). The van der Waals surface area contributed by atoms with Crippen molar-refractivity contribution in [1.82, 2.24) is 4.98 Å². The molecule has 0 aliphatic heterocycles. The fourth-order valence-electron chi connectivity index (χ4n) is 1.57. The second-order valence-electron chi connectivity index (χ2n) is 3.98. The summed E-state index contributed by atoms with van der Waals surface area (Å²) in [7, 11) is 0. The van der Waals surface area contributed by atoms with Crippen molar-refractivity contribution in [1.29, 1.82) is 0 Å². The number of pyridine rings is 1. The Labute approximate surface area is 109 Å². The summed E-state index contributed by atoms with van der Waals surface area (Å²) < 4.78 is 13.4. The summed E-state index contributed by atoms with van der Waals surface area (Å²) in [5.74, 6) is 4.52. The van der Waals surface area contributed by atoms with Gasteiger partial charge in [-0.15, -0.1) is 0 Å². The normalized spacial score (nSPS) is 10.1. The number of anilines is 2. The molecule has 0 aliphatic rings. The maximum Gasteiger partial charge on any atom is 0.259 e. The number of carbonyl (C=O) groups is 1. The zero-order valence-corrected chi connectivity index (χ0v) is 10.3. The number of hydrogen-bond donors (Lipinski definition) is 3. The minimum Gasteiger partial charge on any atom is -0.323 e. The van der Waals surface area contributed by atoms with E-state index in [1.807, 2.05) is 0 Å². The highest BCUT2D eigenvalue weighted by Gasteiger charge is 2.11. The monoisotopic (exact) mass is 260 g/mol. The van der Waals surface area contributed by atoms with Crippen molar-refractivity contribution in [3.63, 3.8) is 0 Å². The van der Waals surface area contributed by atoms with Crippen LogP contribution in [0.25, 0.3) is 0 Å². The van der Waals surface area contributed by atoms with Crippen molar-refractivity contribution in [2.75, 3.05) is 10.7 Å². The molecule has 5 nitrogen and oxygen atoms in total. The molecule has 0 saturated carbocycles. The maximum atomic E-state index is 13.4. The van der Waals surface area contributed by atoms with E-state index in [0.29, 0.717) is 16.9 Å². The van der Waals surface area contributed by atoms with Gasteiger partial charge in [-0.25, -0.2) is 4.39 Å². The number of amides is 1. The molecule has 1 amide bonds. The molecule has 0 fully saturated rings. The van der Waals surface area contributed by atoms with Gasteiger partial charge in [0, 0.05) is 18.1 Å². The Morgan fingerprint density at radius 2 is 2.16 bits per heavy atom. The Morgan fingerprint density at radius 3 is 2.84 bits per heavy atom. The average Bonchev–Trinajstić information content (AvgIpc) is 2.43. The molecule has 19 heavy (non-hydrogen) atoms. The minimum absolute atomic E-state index is 0.283. The number of carbonyl (C=O) groups excluding carboxylic acids is 1. The number of nitrogens with one attached hydrogen (secondary N) is 2. The third-order valence-corrected chi connectivity index (χ3v) is 2.65. The molecule has 1 heterocycles. The first-order chi connectivity index (χ1) is 9.11. The van der Waals surface area contributed by atoms with Gasteiger partial charge in [0.2, 0.25) is 0 Å². The number of hydrogen-bond acceptors (Lipinski definition) is 4. The Hall–Kier alpha value is -2.47. The number of rotatable bonds is 3. The fourth-order valence-corrected chi connectivity index (χ4v) is 1.57. The van der Waals surface area contributed by atoms with Crippen molar-refractivity contribution in [2.24, 2.45) is 5.84 Å². The largest absolute Gasteiger partial charge is 0.323 e. The summed E-state index contributed by atoms with van der Waals surface area (Å²) in [6, 6.07) is 6.06. The van der Waals surface area contributed by atoms with Crippen molar-refractivity contribution in [3.8, 4) is 0 Å². The molecule has 0 atom stereocenters. The van der Waals surface area contributed by atoms with E-state index in [4.69, 9.17) is 5.84 Å². The van der Waals surface area contributed by atoms with Gasteiger partial charge in [0.25, 0.3) is 5.91 Å². The van der Waals surface area contributed by atoms with Crippen LogP contribution in [0.5, 0.6) is 0 Å². The van der Waals surface area contributed by atoms with Crippen LogP contribution >= 0.6 is 0 Å². The van der Waals surface area contributed by atoms with Crippen LogP contribution in [0.4, 0.5) is 15.8 Å². The van der Waals surface area contributed by atoms with Crippen LogP contribution in [0.1, 0.15) is 15.9 Å². The Morgan fingerprint density at radius 1 is 1.37 bits per heavy atom. The van der Waals surface area contributed by atoms with E-state index in [1.54, 1.807) is 25.1 Å². The van der Waals surface area contributed by atoms with Crippen molar-refractivity contribution in [2.45, 2.75) is 6.92 Å². The predicted octanol–water partition coefficient (Wildman–Crippen LogP) is 2.07. The Kier molecular flexibility index (Phi) is 3.72. The lowest BCUT2D eigenvalue weighted by molar-refractivity contribution is 0.102. The average molecular weight is 260 g/mol. The maximum absolute atomic E-state index is 13.4. The number of nitrogens with two attached hydrogens (primary N) is 1. The molecular formula is C13H13FN4O. The lowest BCUT2D eigenvalue weighted by Crippen LogP contribution is -2.17. The van der Waals surface area contributed by atoms with Gasteiger partial charge >= 0.3 is 0 Å². The molecule has 98 valence electrons. The van der Waals surface area contributed by atoms with Gasteiger partial charge in [0.15, 0.2) is 0 Å². The SMILES string of the molecule is Cc1ccc(NC(=O)c2cnccc2NN)cc1F. The topological polar surface area (TPSA) is 80.0 Å². The zero-order valence-electron chi connectivity index (χ0n) is 10.3. The van der Waals surface area contributed by atoms with Crippen LogP contribution in [-0.2, 0) is 0 Å². The minimum atomic E-state index is -0.413. The molecule has 4 N–H and O–H groups in total. The molecule has 0 radical (unpaired) electrons. The van der Waals surface area contributed by atoms with Crippen molar-refractivity contribution in [3.05, 3.63) is 53.6 Å². The molecule has 2 rings (SSSR count). The van der Waals surface area contributed by atoms with Crippen LogP contribution in [0.2, 0.25) is 0 Å². The van der Waals surface area contributed by atoms with Gasteiger partial charge in [-0.1, -0.05) is 6.07 Å². The van der Waals surface area contributed by atoms with E-state index in [2.05, 4.69) is 15.7 Å². The highest BCUT2D eigenvalue weighted by Crippen LogP contribution is 2.17. The van der Waals surface area contributed by atoms with Crippen LogP contribution in [0.3, 0.4) is 0 Å². The molecular weight excluding hydrogens is 247 g/mol. The fraction of sp³-hybridized carbons (Fsp3) is 0.0769. The lowest BCUT2D eigenvalue weighted by atomic mass is 10.2. The number of aromatic nitrogens is 1. The number of hydrazine groups is 1. The molecule has 2 aromatic rings. The van der Waals surface area contributed by atoms with Gasteiger partial charge in [-0.2, -0.15) is 0 Å². The molecule has 0 unspecified atom stereocenters. The number of halogens is 1. The summed E-state index contributed by atoms with van der Waals surface area (Å²) in [5.41, 5.74) is 4.03. The van der Waals surface area contributed by atoms with Crippen LogP contribution in [-0.4, -0.2) is 10.9 Å². The summed E-state index contributed by atoms with van der Waals surface area (Å²) in [6.45, 7) is 1.65. The third-order valence-electron chi connectivity index (χ3n) is 2.65. The first-order valence-corrected chi connectivity index (χ1v) is 5.60.